The number of H-pyrrole nitrogens is 1. The predicted octanol–water partition coefficient (Wildman–Crippen LogP) is 1.29. The number of anilines is 2. The molecule has 1 heterocycles. The van der Waals surface area contributed by atoms with Crippen LogP contribution in [0.5, 0.6) is 0 Å². The van der Waals surface area contributed by atoms with Gasteiger partial charge in [-0.05, 0) is 36.8 Å². The Balaban J connectivity index is 2.14. The molecule has 0 atom stereocenters. The van der Waals surface area contributed by atoms with Gasteiger partial charge in [-0.3, -0.25) is 14.4 Å². The molecule has 0 unspecified atom stereocenters. The fraction of sp³-hybridized carbons (Fsp3) is 0.143. The van der Waals surface area contributed by atoms with Gasteiger partial charge in [-0.2, -0.15) is 5.10 Å². The maximum Gasteiger partial charge on any atom is 0.276 e. The van der Waals surface area contributed by atoms with Crippen molar-refractivity contribution in [2.24, 2.45) is 0 Å². The fourth-order valence-corrected chi connectivity index (χ4v) is 1.74. The molecule has 7 nitrogen and oxygen atoms in total. The van der Waals surface area contributed by atoms with Crippen molar-refractivity contribution >= 4 is 23.2 Å². The van der Waals surface area contributed by atoms with Crippen LogP contribution in [0, 0.1) is 6.92 Å². The molecule has 0 fully saturated rings. The lowest BCUT2D eigenvalue weighted by molar-refractivity contribution is -0.114. The topological polar surface area (TPSA) is 104 Å². The first-order chi connectivity index (χ1) is 9.95. The number of nitrogens with zero attached hydrogens (tertiary/aromatic N) is 1. The molecule has 0 aliphatic heterocycles. The lowest BCUT2D eigenvalue weighted by Crippen LogP contribution is -2.17. The van der Waals surface area contributed by atoms with Gasteiger partial charge in [-0.1, -0.05) is 0 Å². The molecular formula is C14H14N4O3. The summed E-state index contributed by atoms with van der Waals surface area (Å²) >= 11 is 0. The van der Waals surface area contributed by atoms with Gasteiger partial charge in [0.05, 0.1) is 0 Å². The van der Waals surface area contributed by atoms with Gasteiger partial charge in [-0.25, -0.2) is 5.10 Å². The molecule has 0 aliphatic rings. The molecule has 1 aromatic heterocycles. The van der Waals surface area contributed by atoms with E-state index in [1.807, 2.05) is 6.92 Å². The summed E-state index contributed by atoms with van der Waals surface area (Å²) in [5, 5.41) is 11.2. The summed E-state index contributed by atoms with van der Waals surface area (Å²) in [5.41, 5.74) is 1.81. The molecule has 108 valence electrons. The smallest absolute Gasteiger partial charge is 0.276 e. The van der Waals surface area contributed by atoms with Crippen molar-refractivity contribution in [2.45, 2.75) is 13.8 Å². The maximum absolute atomic E-state index is 11.9. The summed E-state index contributed by atoms with van der Waals surface area (Å²) in [4.78, 5) is 33.8. The Hall–Kier alpha value is -2.96. The Morgan fingerprint density at radius 3 is 2.48 bits per heavy atom. The molecule has 1 aromatic carbocycles. The number of amides is 2. The van der Waals surface area contributed by atoms with Crippen LogP contribution in [-0.2, 0) is 4.79 Å². The second-order valence-electron chi connectivity index (χ2n) is 4.47. The monoisotopic (exact) mass is 286 g/mol. The van der Waals surface area contributed by atoms with E-state index >= 15 is 0 Å². The molecule has 2 rings (SSSR count). The van der Waals surface area contributed by atoms with E-state index in [0.717, 1.165) is 5.56 Å². The van der Waals surface area contributed by atoms with Gasteiger partial charge in [0.1, 0.15) is 5.69 Å². The minimum Gasteiger partial charge on any atom is -0.326 e. The number of carbonyl (C=O) groups is 2. The third kappa shape index (κ3) is 3.75. The van der Waals surface area contributed by atoms with E-state index in [9.17, 15) is 14.4 Å². The van der Waals surface area contributed by atoms with Gasteiger partial charge in [0.15, 0.2) is 0 Å². The van der Waals surface area contributed by atoms with E-state index in [1.54, 1.807) is 18.2 Å². The molecule has 2 aromatic rings. The number of hydrogen-bond donors (Lipinski definition) is 3. The Kier molecular flexibility index (Phi) is 4.13. The molecule has 2 amide bonds. The third-order valence-corrected chi connectivity index (χ3v) is 2.71. The summed E-state index contributed by atoms with van der Waals surface area (Å²) in [6, 6.07) is 7.67. The SMILES string of the molecule is CC(=O)Nc1ccc(NC(=O)c2ccc(=O)[nH]n2)cc1C. The highest BCUT2D eigenvalue weighted by Crippen LogP contribution is 2.20. The molecule has 3 N–H and O–H groups in total. The van der Waals surface area contributed by atoms with Crippen LogP contribution in [-0.4, -0.2) is 22.0 Å². The van der Waals surface area contributed by atoms with Crippen molar-refractivity contribution in [3.8, 4) is 0 Å². The minimum absolute atomic E-state index is 0.109. The molecule has 0 bridgehead atoms. The lowest BCUT2D eigenvalue weighted by Gasteiger charge is -2.09. The highest BCUT2D eigenvalue weighted by atomic mass is 16.2. The average Bonchev–Trinajstić information content (AvgIpc) is 2.42. The van der Waals surface area contributed by atoms with E-state index in [2.05, 4.69) is 20.8 Å². The van der Waals surface area contributed by atoms with Crippen molar-refractivity contribution in [2.75, 3.05) is 10.6 Å². The predicted molar refractivity (Wildman–Crippen MR) is 78.3 cm³/mol. The van der Waals surface area contributed by atoms with Gasteiger partial charge in [0.2, 0.25) is 5.91 Å². The lowest BCUT2D eigenvalue weighted by atomic mass is 10.1. The normalized spacial score (nSPS) is 10.0. The van der Waals surface area contributed by atoms with E-state index in [4.69, 9.17) is 0 Å². The van der Waals surface area contributed by atoms with E-state index in [0.29, 0.717) is 11.4 Å². The molecule has 0 aliphatic carbocycles. The summed E-state index contributed by atoms with van der Waals surface area (Å²) in [6.45, 7) is 3.25. The molecule has 7 heteroatoms. The number of aryl methyl sites for hydroxylation is 1. The summed E-state index contributed by atoms with van der Waals surface area (Å²) in [5.74, 6) is -0.592. The number of rotatable bonds is 3. The van der Waals surface area contributed by atoms with Crippen LogP contribution in [0.3, 0.4) is 0 Å². The van der Waals surface area contributed by atoms with Crippen molar-refractivity contribution in [3.05, 3.63) is 51.9 Å². The van der Waals surface area contributed by atoms with E-state index in [-0.39, 0.29) is 17.2 Å². The van der Waals surface area contributed by atoms with Crippen LogP contribution in [0.2, 0.25) is 0 Å². The van der Waals surface area contributed by atoms with Crippen molar-refractivity contribution in [1.29, 1.82) is 0 Å². The number of nitrogens with one attached hydrogen (secondary N) is 3. The molecule has 0 saturated carbocycles. The summed E-state index contributed by atoms with van der Waals surface area (Å²) < 4.78 is 0. The Labute approximate surface area is 120 Å². The van der Waals surface area contributed by atoms with Crippen molar-refractivity contribution in [3.63, 3.8) is 0 Å². The van der Waals surface area contributed by atoms with Crippen LogP contribution >= 0.6 is 0 Å². The molecular weight excluding hydrogens is 272 g/mol. The highest BCUT2D eigenvalue weighted by molar-refractivity contribution is 6.03. The zero-order valence-corrected chi connectivity index (χ0v) is 11.6. The average molecular weight is 286 g/mol. The minimum atomic E-state index is -0.432. The Morgan fingerprint density at radius 2 is 1.90 bits per heavy atom. The van der Waals surface area contributed by atoms with E-state index in [1.165, 1.54) is 19.1 Å². The van der Waals surface area contributed by atoms with Crippen LogP contribution in [0.1, 0.15) is 23.0 Å². The standard InChI is InChI=1S/C14H14N4O3/c1-8-7-10(3-4-11(8)15-9(2)19)16-14(21)12-5-6-13(20)18-17-12/h3-7H,1-2H3,(H,15,19)(H,16,21)(H,18,20). The number of benzene rings is 1. The Morgan fingerprint density at radius 1 is 1.14 bits per heavy atom. The zero-order chi connectivity index (χ0) is 15.4. The highest BCUT2D eigenvalue weighted by Gasteiger charge is 2.09. The van der Waals surface area contributed by atoms with Gasteiger partial charge in [0.25, 0.3) is 11.5 Å². The second-order valence-corrected chi connectivity index (χ2v) is 4.47. The van der Waals surface area contributed by atoms with Crippen molar-refractivity contribution in [1.82, 2.24) is 10.2 Å². The van der Waals surface area contributed by atoms with E-state index < -0.39 is 5.91 Å². The molecule has 0 saturated heterocycles. The van der Waals surface area contributed by atoms with Crippen LogP contribution in [0.25, 0.3) is 0 Å². The number of aromatic nitrogens is 2. The Bertz CT molecular complexity index is 732. The summed E-state index contributed by atoms with van der Waals surface area (Å²) in [6.07, 6.45) is 0. The zero-order valence-electron chi connectivity index (χ0n) is 11.6. The largest absolute Gasteiger partial charge is 0.326 e. The van der Waals surface area contributed by atoms with Crippen LogP contribution < -0.4 is 16.2 Å². The third-order valence-electron chi connectivity index (χ3n) is 2.71. The van der Waals surface area contributed by atoms with Crippen LogP contribution in [0.4, 0.5) is 11.4 Å². The van der Waals surface area contributed by atoms with Gasteiger partial charge in [-0.15, -0.1) is 0 Å². The first-order valence-corrected chi connectivity index (χ1v) is 6.21. The van der Waals surface area contributed by atoms with Crippen LogP contribution in [0.15, 0.2) is 35.1 Å². The van der Waals surface area contributed by atoms with Crippen molar-refractivity contribution < 1.29 is 9.59 Å². The first-order valence-electron chi connectivity index (χ1n) is 6.21. The maximum atomic E-state index is 11.9. The number of aromatic amines is 1. The van der Waals surface area contributed by atoms with Gasteiger partial charge >= 0.3 is 0 Å². The summed E-state index contributed by atoms with van der Waals surface area (Å²) in [7, 11) is 0. The quantitative estimate of drug-likeness (QED) is 0.790. The molecule has 0 spiro atoms. The second kappa shape index (κ2) is 6.00. The first kappa shape index (κ1) is 14.4. The number of hydrogen-bond acceptors (Lipinski definition) is 4. The van der Waals surface area contributed by atoms with Gasteiger partial charge < -0.3 is 10.6 Å². The fourth-order valence-electron chi connectivity index (χ4n) is 1.74. The number of carbonyl (C=O) groups excluding carboxylic acids is 2. The molecule has 0 radical (unpaired) electrons. The molecule has 21 heavy (non-hydrogen) atoms. The van der Waals surface area contributed by atoms with Gasteiger partial charge in [0, 0.05) is 24.4 Å².